The van der Waals surface area contributed by atoms with Crippen LogP contribution >= 0.6 is 0 Å². The molecule has 186 valence electrons. The Morgan fingerprint density at radius 2 is 1.11 bits per heavy atom. The van der Waals surface area contributed by atoms with Gasteiger partial charge < -0.3 is 0 Å². The van der Waals surface area contributed by atoms with E-state index in [1.807, 2.05) is 60.7 Å². The highest BCUT2D eigenvalue weighted by Crippen LogP contribution is 2.28. The standard InChI is InChI=1S/C33H33F3/c1-3-5-7-27-18-19-29(22-31(27)34)25-13-8-24(9-14-25)12-17-28-20-21-30(33(36)32(28)35)26-15-10-23(6-4-2)11-16-26/h8-11,13-16,18-22H,3-7,12,17H2,1-2H3. The number of hydrogen-bond acceptors (Lipinski definition) is 0. The number of hydrogen-bond donors (Lipinski definition) is 0. The van der Waals surface area contributed by atoms with Crippen molar-refractivity contribution >= 4 is 0 Å². The van der Waals surface area contributed by atoms with E-state index in [9.17, 15) is 13.2 Å². The average Bonchev–Trinajstić information content (AvgIpc) is 2.90. The molecule has 0 unspecified atom stereocenters. The molecule has 0 radical (unpaired) electrons. The van der Waals surface area contributed by atoms with E-state index >= 15 is 0 Å². The summed E-state index contributed by atoms with van der Waals surface area (Å²) in [4.78, 5) is 0. The van der Waals surface area contributed by atoms with Crippen molar-refractivity contribution in [3.8, 4) is 22.3 Å². The lowest BCUT2D eigenvalue weighted by Crippen LogP contribution is -2.00. The summed E-state index contributed by atoms with van der Waals surface area (Å²) >= 11 is 0. The molecule has 0 aromatic heterocycles. The molecule has 0 aliphatic rings. The predicted molar refractivity (Wildman–Crippen MR) is 144 cm³/mol. The smallest absolute Gasteiger partial charge is 0.166 e. The second-order valence-corrected chi connectivity index (χ2v) is 9.45. The normalized spacial score (nSPS) is 11.1. The molecule has 0 saturated carbocycles. The third-order valence-electron chi connectivity index (χ3n) is 6.79. The maximum atomic E-state index is 14.9. The first-order chi connectivity index (χ1) is 17.5. The molecule has 0 atom stereocenters. The van der Waals surface area contributed by atoms with Crippen LogP contribution in [0.25, 0.3) is 22.3 Å². The van der Waals surface area contributed by atoms with Gasteiger partial charge in [-0.05, 0) is 77.1 Å². The van der Waals surface area contributed by atoms with E-state index in [2.05, 4.69) is 13.8 Å². The number of unbranched alkanes of at least 4 members (excludes halogenated alkanes) is 1. The summed E-state index contributed by atoms with van der Waals surface area (Å²) in [5.74, 6) is -1.74. The lowest BCUT2D eigenvalue weighted by Gasteiger charge is -2.10. The molecule has 0 aliphatic heterocycles. The maximum Gasteiger partial charge on any atom is 0.166 e. The molecule has 0 fully saturated rings. The molecule has 0 bridgehead atoms. The Balaban J connectivity index is 1.42. The van der Waals surface area contributed by atoms with Crippen molar-refractivity contribution in [2.75, 3.05) is 0 Å². The van der Waals surface area contributed by atoms with Crippen molar-refractivity contribution in [3.05, 3.63) is 119 Å². The van der Waals surface area contributed by atoms with E-state index in [1.54, 1.807) is 18.2 Å². The van der Waals surface area contributed by atoms with Crippen molar-refractivity contribution in [1.29, 1.82) is 0 Å². The van der Waals surface area contributed by atoms with Crippen molar-refractivity contribution < 1.29 is 13.2 Å². The molecule has 0 N–H and O–H groups in total. The van der Waals surface area contributed by atoms with Gasteiger partial charge in [-0.1, -0.05) is 99.5 Å². The van der Waals surface area contributed by atoms with E-state index in [4.69, 9.17) is 0 Å². The Hall–Kier alpha value is -3.33. The predicted octanol–water partition coefficient (Wildman–Crippen LogP) is 9.52. The van der Waals surface area contributed by atoms with E-state index in [1.165, 1.54) is 5.56 Å². The van der Waals surface area contributed by atoms with Crippen LogP contribution < -0.4 is 0 Å². The Morgan fingerprint density at radius 1 is 0.500 bits per heavy atom. The summed E-state index contributed by atoms with van der Waals surface area (Å²) in [6.07, 6.45) is 5.78. The van der Waals surface area contributed by atoms with Crippen molar-refractivity contribution in [1.82, 2.24) is 0 Å². The Kier molecular flexibility index (Phi) is 8.64. The molecule has 0 saturated heterocycles. The van der Waals surface area contributed by atoms with E-state index < -0.39 is 11.6 Å². The molecule has 0 heterocycles. The molecule has 4 aromatic rings. The van der Waals surface area contributed by atoms with Gasteiger partial charge in [0.05, 0.1) is 0 Å². The summed E-state index contributed by atoms with van der Waals surface area (Å²) in [6, 6.07) is 24.3. The van der Waals surface area contributed by atoms with Crippen molar-refractivity contribution in [3.63, 3.8) is 0 Å². The second-order valence-electron chi connectivity index (χ2n) is 9.45. The van der Waals surface area contributed by atoms with Crippen LogP contribution in [0.3, 0.4) is 0 Å². The lowest BCUT2D eigenvalue weighted by molar-refractivity contribution is 0.501. The molecule has 36 heavy (non-hydrogen) atoms. The zero-order valence-corrected chi connectivity index (χ0v) is 21.1. The summed E-state index contributed by atoms with van der Waals surface area (Å²) in [6.45, 7) is 4.21. The summed E-state index contributed by atoms with van der Waals surface area (Å²) in [7, 11) is 0. The second kappa shape index (κ2) is 12.1. The highest BCUT2D eigenvalue weighted by Gasteiger charge is 2.15. The van der Waals surface area contributed by atoms with Crippen LogP contribution in [0.4, 0.5) is 13.2 Å². The third-order valence-corrected chi connectivity index (χ3v) is 6.79. The van der Waals surface area contributed by atoms with Gasteiger partial charge in [0.15, 0.2) is 11.6 Å². The molecule has 0 aliphatic carbocycles. The van der Waals surface area contributed by atoms with Crippen molar-refractivity contribution in [2.45, 2.75) is 58.8 Å². The summed E-state index contributed by atoms with van der Waals surface area (Å²) in [5, 5.41) is 0. The van der Waals surface area contributed by atoms with Gasteiger partial charge in [-0.2, -0.15) is 0 Å². The Bertz CT molecular complexity index is 1290. The lowest BCUT2D eigenvalue weighted by atomic mass is 9.96. The molecule has 4 rings (SSSR count). The Labute approximate surface area is 212 Å². The minimum absolute atomic E-state index is 0.164. The third kappa shape index (κ3) is 6.07. The zero-order chi connectivity index (χ0) is 25.5. The first-order valence-corrected chi connectivity index (χ1v) is 12.9. The van der Waals surface area contributed by atoms with Gasteiger partial charge in [-0.25, -0.2) is 13.2 Å². The monoisotopic (exact) mass is 486 g/mol. The topological polar surface area (TPSA) is 0 Å². The molecule has 0 amide bonds. The van der Waals surface area contributed by atoms with E-state index in [0.717, 1.165) is 54.4 Å². The maximum absolute atomic E-state index is 14.9. The van der Waals surface area contributed by atoms with Crippen molar-refractivity contribution in [2.24, 2.45) is 0 Å². The quantitative estimate of drug-likeness (QED) is 0.209. The van der Waals surface area contributed by atoms with E-state index in [-0.39, 0.29) is 11.4 Å². The number of aryl methyl sites for hydroxylation is 4. The average molecular weight is 487 g/mol. The van der Waals surface area contributed by atoms with Gasteiger partial charge >= 0.3 is 0 Å². The van der Waals surface area contributed by atoms with Crippen LogP contribution in [-0.2, 0) is 25.7 Å². The fourth-order valence-corrected chi connectivity index (χ4v) is 4.58. The largest absolute Gasteiger partial charge is 0.207 e. The number of rotatable bonds is 10. The number of halogens is 3. The minimum atomic E-state index is -0.796. The molecule has 0 nitrogen and oxygen atoms in total. The highest BCUT2D eigenvalue weighted by atomic mass is 19.2. The SMILES string of the molecule is CCCCc1ccc(-c2ccc(CCc3ccc(-c4ccc(CCC)cc4)c(F)c3F)cc2)cc1F. The molecular formula is C33H33F3. The summed E-state index contributed by atoms with van der Waals surface area (Å²) < 4.78 is 44.2. The fraction of sp³-hybridized carbons (Fsp3) is 0.273. The molecular weight excluding hydrogens is 453 g/mol. The minimum Gasteiger partial charge on any atom is -0.207 e. The Morgan fingerprint density at radius 3 is 1.75 bits per heavy atom. The van der Waals surface area contributed by atoms with Gasteiger partial charge in [0.2, 0.25) is 0 Å². The molecule has 3 heteroatoms. The van der Waals surface area contributed by atoms with Crippen LogP contribution in [0.1, 0.15) is 55.4 Å². The number of benzene rings is 4. The van der Waals surface area contributed by atoms with Gasteiger partial charge in [0.25, 0.3) is 0 Å². The molecule has 4 aromatic carbocycles. The first-order valence-electron chi connectivity index (χ1n) is 12.9. The van der Waals surface area contributed by atoms with Crippen LogP contribution in [0.15, 0.2) is 78.9 Å². The van der Waals surface area contributed by atoms with Gasteiger partial charge in [0.1, 0.15) is 5.82 Å². The first kappa shape index (κ1) is 25.8. The van der Waals surface area contributed by atoms with Crippen LogP contribution in [0.2, 0.25) is 0 Å². The molecule has 0 spiro atoms. The summed E-state index contributed by atoms with van der Waals surface area (Å²) in [5.41, 5.74) is 6.09. The highest BCUT2D eigenvalue weighted by molar-refractivity contribution is 5.66. The van der Waals surface area contributed by atoms with Gasteiger partial charge in [0, 0.05) is 5.56 Å². The van der Waals surface area contributed by atoms with Gasteiger partial charge in [-0.15, -0.1) is 0 Å². The van der Waals surface area contributed by atoms with E-state index in [0.29, 0.717) is 24.0 Å². The van der Waals surface area contributed by atoms with Crippen LogP contribution in [0, 0.1) is 17.5 Å². The van der Waals surface area contributed by atoms with Crippen LogP contribution in [-0.4, -0.2) is 0 Å². The van der Waals surface area contributed by atoms with Gasteiger partial charge in [-0.3, -0.25) is 0 Å². The van der Waals surface area contributed by atoms with Crippen LogP contribution in [0.5, 0.6) is 0 Å². The zero-order valence-electron chi connectivity index (χ0n) is 21.1. The fourth-order valence-electron chi connectivity index (χ4n) is 4.58.